The van der Waals surface area contributed by atoms with Crippen LogP contribution in [0.4, 0.5) is 0 Å². The first-order chi connectivity index (χ1) is 9.06. The van der Waals surface area contributed by atoms with Gasteiger partial charge in [0, 0.05) is 6.61 Å². The third-order valence-corrected chi connectivity index (χ3v) is 3.72. The molecule has 0 bridgehead atoms. The number of carbonyl (C=O) groups excluding carboxylic acids is 1. The van der Waals surface area contributed by atoms with Gasteiger partial charge in [-0.2, -0.15) is 0 Å². The lowest BCUT2D eigenvalue weighted by Gasteiger charge is -2.18. The van der Waals surface area contributed by atoms with Crippen LogP contribution in [0.5, 0.6) is 0 Å². The lowest BCUT2D eigenvalue weighted by Crippen LogP contribution is -2.30. The molecule has 1 aliphatic heterocycles. The molecule has 1 saturated heterocycles. The Bertz CT molecular complexity index is 450. The number of benzene rings is 1. The fraction of sp³-hybridized carbons (Fsp3) is 0.562. The molecule has 1 fully saturated rings. The Labute approximate surface area is 115 Å². The quantitative estimate of drug-likeness (QED) is 0.904. The number of hydrogen-bond donors (Lipinski definition) is 1. The summed E-state index contributed by atoms with van der Waals surface area (Å²) < 4.78 is 5.49. The summed E-state index contributed by atoms with van der Waals surface area (Å²) in [5.41, 5.74) is 3.64. The first-order valence-electron chi connectivity index (χ1n) is 7.04. The molecular weight excluding hydrogens is 238 g/mol. The average Bonchev–Trinajstić information content (AvgIpc) is 2.84. The monoisotopic (exact) mass is 261 g/mol. The van der Waals surface area contributed by atoms with Gasteiger partial charge < -0.3 is 10.1 Å². The second-order valence-corrected chi connectivity index (χ2v) is 5.49. The molecule has 0 saturated carbocycles. The lowest BCUT2D eigenvalue weighted by atomic mass is 10.00. The van der Waals surface area contributed by atoms with Crippen molar-refractivity contribution in [1.82, 2.24) is 5.32 Å². The summed E-state index contributed by atoms with van der Waals surface area (Å²) in [5, 5.41) is 3.07. The largest absolute Gasteiger partial charge is 0.378 e. The molecule has 0 aromatic heterocycles. The minimum absolute atomic E-state index is 0.0498. The highest BCUT2D eigenvalue weighted by Crippen LogP contribution is 2.20. The molecule has 1 aromatic rings. The molecule has 1 aromatic carbocycles. The second-order valence-electron chi connectivity index (χ2n) is 5.49. The van der Waals surface area contributed by atoms with E-state index in [0.29, 0.717) is 6.42 Å². The highest BCUT2D eigenvalue weighted by molar-refractivity contribution is 5.77. The first-order valence-corrected chi connectivity index (χ1v) is 7.04. The lowest BCUT2D eigenvalue weighted by molar-refractivity contribution is -0.123. The maximum atomic E-state index is 12.0. The molecule has 104 valence electrons. The van der Waals surface area contributed by atoms with Gasteiger partial charge in [0.1, 0.15) is 0 Å². The van der Waals surface area contributed by atoms with Crippen LogP contribution in [0.3, 0.4) is 0 Å². The van der Waals surface area contributed by atoms with Crippen molar-refractivity contribution in [3.63, 3.8) is 0 Å². The van der Waals surface area contributed by atoms with E-state index in [2.05, 4.69) is 37.4 Å². The highest BCUT2D eigenvalue weighted by atomic mass is 16.5. The topological polar surface area (TPSA) is 38.3 Å². The minimum atomic E-state index is 0.0498. The van der Waals surface area contributed by atoms with Crippen LogP contribution in [0.15, 0.2) is 18.2 Å². The average molecular weight is 261 g/mol. The maximum Gasteiger partial charge on any atom is 0.223 e. The number of carbonyl (C=O) groups is 1. The minimum Gasteiger partial charge on any atom is -0.378 e. The molecule has 2 atom stereocenters. The molecule has 3 nitrogen and oxygen atoms in total. The normalized spacial score (nSPS) is 20.3. The van der Waals surface area contributed by atoms with Crippen LogP contribution in [0.1, 0.15) is 48.9 Å². The molecule has 0 aliphatic carbocycles. The van der Waals surface area contributed by atoms with Gasteiger partial charge in [0.05, 0.1) is 18.6 Å². The zero-order valence-corrected chi connectivity index (χ0v) is 12.0. The van der Waals surface area contributed by atoms with E-state index in [-0.39, 0.29) is 18.1 Å². The van der Waals surface area contributed by atoms with Crippen molar-refractivity contribution < 1.29 is 9.53 Å². The molecule has 1 aliphatic rings. The summed E-state index contributed by atoms with van der Waals surface area (Å²) >= 11 is 0. The van der Waals surface area contributed by atoms with Crippen molar-refractivity contribution in [3.8, 4) is 0 Å². The van der Waals surface area contributed by atoms with Crippen LogP contribution < -0.4 is 5.32 Å². The first kappa shape index (κ1) is 14.1. The molecule has 2 unspecified atom stereocenters. The van der Waals surface area contributed by atoms with Gasteiger partial charge in [-0.1, -0.05) is 23.8 Å². The zero-order valence-electron chi connectivity index (χ0n) is 12.0. The van der Waals surface area contributed by atoms with E-state index in [1.807, 2.05) is 6.92 Å². The summed E-state index contributed by atoms with van der Waals surface area (Å²) in [6.07, 6.45) is 2.68. The Balaban J connectivity index is 1.94. The summed E-state index contributed by atoms with van der Waals surface area (Å²) in [6.45, 7) is 6.99. The van der Waals surface area contributed by atoms with Crippen molar-refractivity contribution in [2.45, 2.75) is 52.2 Å². The van der Waals surface area contributed by atoms with Gasteiger partial charge in [0.25, 0.3) is 0 Å². The van der Waals surface area contributed by atoms with E-state index in [1.54, 1.807) is 0 Å². The van der Waals surface area contributed by atoms with Gasteiger partial charge in [-0.3, -0.25) is 4.79 Å². The van der Waals surface area contributed by atoms with Gasteiger partial charge in [-0.25, -0.2) is 0 Å². The van der Waals surface area contributed by atoms with Crippen molar-refractivity contribution in [2.24, 2.45) is 0 Å². The Morgan fingerprint density at radius 1 is 1.47 bits per heavy atom. The van der Waals surface area contributed by atoms with Crippen LogP contribution in [-0.2, 0) is 9.53 Å². The van der Waals surface area contributed by atoms with Gasteiger partial charge in [0.15, 0.2) is 0 Å². The van der Waals surface area contributed by atoms with Crippen LogP contribution in [0.2, 0.25) is 0 Å². The maximum absolute atomic E-state index is 12.0. The van der Waals surface area contributed by atoms with E-state index < -0.39 is 0 Å². The molecule has 1 amide bonds. The Kier molecular flexibility index (Phi) is 4.59. The summed E-state index contributed by atoms with van der Waals surface area (Å²) in [5.74, 6) is 0.0836. The third kappa shape index (κ3) is 3.80. The van der Waals surface area contributed by atoms with E-state index in [9.17, 15) is 4.79 Å². The van der Waals surface area contributed by atoms with Gasteiger partial charge in [-0.05, 0) is 44.7 Å². The fourth-order valence-electron chi connectivity index (χ4n) is 2.62. The van der Waals surface area contributed by atoms with Gasteiger partial charge in [-0.15, -0.1) is 0 Å². The molecule has 0 spiro atoms. The number of aryl methyl sites for hydroxylation is 2. The predicted molar refractivity (Wildman–Crippen MR) is 76.1 cm³/mol. The molecular formula is C16H23NO2. The van der Waals surface area contributed by atoms with Crippen LogP contribution in [0.25, 0.3) is 0 Å². The van der Waals surface area contributed by atoms with E-state index in [0.717, 1.165) is 19.4 Å². The number of nitrogens with one attached hydrogen (secondary N) is 1. The predicted octanol–water partition coefficient (Wildman–Crippen LogP) is 3.05. The standard InChI is InChI=1S/C16H23NO2/c1-11-6-7-12(2)15(9-11)13(3)17-16(18)10-14-5-4-8-19-14/h6-7,9,13-14H,4-5,8,10H2,1-3H3,(H,17,18). The van der Waals surface area contributed by atoms with Crippen LogP contribution >= 0.6 is 0 Å². The number of rotatable bonds is 4. The van der Waals surface area contributed by atoms with Crippen LogP contribution in [0, 0.1) is 13.8 Å². The van der Waals surface area contributed by atoms with E-state index >= 15 is 0 Å². The molecule has 1 N–H and O–H groups in total. The van der Waals surface area contributed by atoms with Gasteiger partial charge in [0.2, 0.25) is 5.91 Å². The Morgan fingerprint density at radius 2 is 2.26 bits per heavy atom. The molecule has 0 radical (unpaired) electrons. The van der Waals surface area contributed by atoms with Crippen molar-refractivity contribution >= 4 is 5.91 Å². The number of ether oxygens (including phenoxy) is 1. The summed E-state index contributed by atoms with van der Waals surface area (Å²) in [7, 11) is 0. The SMILES string of the molecule is Cc1ccc(C)c(C(C)NC(=O)CC2CCCO2)c1. The second kappa shape index (κ2) is 6.20. The Hall–Kier alpha value is -1.35. The summed E-state index contributed by atoms with van der Waals surface area (Å²) in [4.78, 5) is 12.0. The van der Waals surface area contributed by atoms with Crippen LogP contribution in [-0.4, -0.2) is 18.6 Å². The molecule has 2 rings (SSSR count). The number of hydrogen-bond acceptors (Lipinski definition) is 2. The number of amides is 1. The smallest absolute Gasteiger partial charge is 0.223 e. The zero-order chi connectivity index (χ0) is 13.8. The van der Waals surface area contributed by atoms with Crippen molar-refractivity contribution in [3.05, 3.63) is 34.9 Å². The van der Waals surface area contributed by atoms with Gasteiger partial charge >= 0.3 is 0 Å². The molecule has 1 heterocycles. The van der Waals surface area contributed by atoms with Crippen molar-refractivity contribution in [1.29, 1.82) is 0 Å². The van der Waals surface area contributed by atoms with E-state index in [1.165, 1.54) is 16.7 Å². The molecule has 19 heavy (non-hydrogen) atoms. The third-order valence-electron chi connectivity index (χ3n) is 3.72. The highest BCUT2D eigenvalue weighted by Gasteiger charge is 2.20. The Morgan fingerprint density at radius 3 is 2.95 bits per heavy atom. The van der Waals surface area contributed by atoms with E-state index in [4.69, 9.17) is 4.74 Å². The summed E-state index contributed by atoms with van der Waals surface area (Å²) in [6, 6.07) is 6.40. The molecule has 3 heteroatoms. The van der Waals surface area contributed by atoms with Crippen molar-refractivity contribution in [2.75, 3.05) is 6.61 Å². The fourth-order valence-corrected chi connectivity index (χ4v) is 2.62.